The fourth-order valence-corrected chi connectivity index (χ4v) is 4.07. The van der Waals surface area contributed by atoms with Crippen molar-refractivity contribution in [2.75, 3.05) is 26.7 Å². The van der Waals surface area contributed by atoms with Gasteiger partial charge in [-0.15, -0.1) is 24.0 Å². The van der Waals surface area contributed by atoms with E-state index in [1.54, 1.807) is 16.8 Å². The molecule has 1 N–H and O–H groups in total. The van der Waals surface area contributed by atoms with Crippen molar-refractivity contribution in [2.24, 2.45) is 10.4 Å². The van der Waals surface area contributed by atoms with Crippen molar-refractivity contribution in [1.29, 1.82) is 0 Å². The Hall–Kier alpha value is -1.64. The molecule has 0 atom stereocenters. The van der Waals surface area contributed by atoms with Crippen LogP contribution in [0.2, 0.25) is 0 Å². The van der Waals surface area contributed by atoms with Crippen molar-refractivity contribution in [3.8, 4) is 5.69 Å². The Bertz CT molecular complexity index is 782. The Labute approximate surface area is 177 Å². The van der Waals surface area contributed by atoms with Gasteiger partial charge in [0.15, 0.2) is 5.96 Å². The number of halogens is 2. The van der Waals surface area contributed by atoms with Crippen LogP contribution in [0, 0.1) is 11.2 Å². The summed E-state index contributed by atoms with van der Waals surface area (Å²) >= 11 is 0. The molecular weight excluding hydrogens is 456 g/mol. The normalized spacial score (nSPS) is 18.3. The zero-order valence-electron chi connectivity index (χ0n) is 15.7. The summed E-state index contributed by atoms with van der Waals surface area (Å²) in [5.74, 6) is 0.772. The number of rotatable bonds is 4. The first-order valence-electron chi connectivity index (χ1n) is 9.44. The Balaban J connectivity index is 0.00000210. The average molecular weight is 483 g/mol. The maximum Gasteiger partial charge on any atom is 0.193 e. The number of nitrogens with one attached hydrogen (secondary N) is 1. The van der Waals surface area contributed by atoms with E-state index in [-0.39, 0.29) is 29.8 Å². The number of benzene rings is 1. The zero-order valence-corrected chi connectivity index (χ0v) is 18.0. The molecule has 1 saturated heterocycles. The summed E-state index contributed by atoms with van der Waals surface area (Å²) in [4.78, 5) is 6.86. The third-order valence-electron chi connectivity index (χ3n) is 5.76. The van der Waals surface area contributed by atoms with Gasteiger partial charge in [0.05, 0.1) is 11.4 Å². The molecule has 4 rings (SSSR count). The van der Waals surface area contributed by atoms with Crippen molar-refractivity contribution in [1.82, 2.24) is 20.0 Å². The van der Waals surface area contributed by atoms with E-state index in [4.69, 9.17) is 0 Å². The van der Waals surface area contributed by atoms with Gasteiger partial charge in [0.25, 0.3) is 0 Å². The fraction of sp³-hybridized carbons (Fsp3) is 0.500. The predicted octanol–water partition coefficient (Wildman–Crippen LogP) is 3.62. The molecule has 0 bridgehead atoms. The molecule has 1 saturated carbocycles. The van der Waals surface area contributed by atoms with Gasteiger partial charge in [-0.1, -0.05) is 6.42 Å². The molecule has 2 heterocycles. The molecule has 1 aromatic heterocycles. The molecule has 1 aromatic carbocycles. The van der Waals surface area contributed by atoms with Crippen LogP contribution in [0.15, 0.2) is 41.5 Å². The van der Waals surface area contributed by atoms with Crippen LogP contribution in [-0.2, 0) is 6.42 Å². The zero-order chi connectivity index (χ0) is 18.0. The van der Waals surface area contributed by atoms with Gasteiger partial charge in [-0.3, -0.25) is 4.99 Å². The van der Waals surface area contributed by atoms with Crippen molar-refractivity contribution >= 4 is 29.9 Å². The minimum absolute atomic E-state index is 0. The highest BCUT2D eigenvalue weighted by atomic mass is 127. The molecule has 0 amide bonds. The summed E-state index contributed by atoms with van der Waals surface area (Å²) in [5.41, 5.74) is 2.45. The van der Waals surface area contributed by atoms with Crippen molar-refractivity contribution in [2.45, 2.75) is 32.1 Å². The van der Waals surface area contributed by atoms with Gasteiger partial charge in [-0.05, 0) is 55.0 Å². The Morgan fingerprint density at radius 3 is 2.63 bits per heavy atom. The Kier molecular flexibility index (Phi) is 6.39. The Morgan fingerprint density at radius 2 is 2.00 bits per heavy atom. The number of aromatic nitrogens is 2. The second-order valence-electron chi connectivity index (χ2n) is 7.48. The van der Waals surface area contributed by atoms with E-state index >= 15 is 0 Å². The second-order valence-corrected chi connectivity index (χ2v) is 7.48. The molecule has 2 aliphatic rings. The summed E-state index contributed by atoms with van der Waals surface area (Å²) in [6.45, 7) is 3.06. The van der Waals surface area contributed by atoms with Gasteiger partial charge in [0.1, 0.15) is 5.82 Å². The third-order valence-corrected chi connectivity index (χ3v) is 5.76. The van der Waals surface area contributed by atoms with Crippen LogP contribution in [0.4, 0.5) is 4.39 Å². The molecule has 0 unspecified atom stereocenters. The van der Waals surface area contributed by atoms with Crippen LogP contribution < -0.4 is 5.32 Å². The summed E-state index contributed by atoms with van der Waals surface area (Å²) in [6, 6.07) is 8.37. The summed E-state index contributed by atoms with van der Waals surface area (Å²) in [6.07, 6.45) is 8.18. The first kappa shape index (κ1) is 20.1. The molecule has 1 aliphatic carbocycles. The number of hydrogen-bond donors (Lipinski definition) is 1. The molecule has 0 radical (unpaired) electrons. The molecular formula is C20H27FIN5. The van der Waals surface area contributed by atoms with Crippen LogP contribution in [0.5, 0.6) is 0 Å². The van der Waals surface area contributed by atoms with Crippen LogP contribution in [0.25, 0.3) is 5.69 Å². The van der Waals surface area contributed by atoms with Gasteiger partial charge in [0.2, 0.25) is 0 Å². The SMILES string of the molecule is CN=C(NCCc1ccn(-c2ccc(F)cc2)n1)N1CCC2(CCC2)C1.I. The molecule has 2 fully saturated rings. The fourth-order valence-electron chi connectivity index (χ4n) is 4.07. The van der Waals surface area contributed by atoms with E-state index < -0.39 is 0 Å². The van der Waals surface area contributed by atoms with Gasteiger partial charge < -0.3 is 10.2 Å². The number of hydrogen-bond acceptors (Lipinski definition) is 2. The quantitative estimate of drug-likeness (QED) is 0.411. The minimum atomic E-state index is -0.234. The van der Waals surface area contributed by atoms with Crippen LogP contribution >= 0.6 is 24.0 Å². The lowest BCUT2D eigenvalue weighted by Crippen LogP contribution is -2.43. The Morgan fingerprint density at radius 1 is 1.22 bits per heavy atom. The van der Waals surface area contributed by atoms with Gasteiger partial charge >= 0.3 is 0 Å². The lowest BCUT2D eigenvalue weighted by Gasteiger charge is -2.38. The number of nitrogens with zero attached hydrogens (tertiary/aromatic N) is 4. The minimum Gasteiger partial charge on any atom is -0.356 e. The standard InChI is InChI=1S/C20H26FN5.HI/c1-22-19(25-14-11-20(15-25)9-2-10-20)23-12-7-17-8-13-26(24-17)18-5-3-16(21)4-6-18;/h3-6,8,13H,2,7,9-12,14-15H2,1H3,(H,22,23);1H. The smallest absolute Gasteiger partial charge is 0.193 e. The number of guanidine groups is 1. The highest BCUT2D eigenvalue weighted by Crippen LogP contribution is 2.47. The summed E-state index contributed by atoms with van der Waals surface area (Å²) < 4.78 is 14.8. The van der Waals surface area contributed by atoms with Crippen LogP contribution in [0.3, 0.4) is 0 Å². The molecule has 2 aromatic rings. The average Bonchev–Trinajstić information content (AvgIpc) is 3.27. The molecule has 7 heteroatoms. The number of aliphatic imine (C=N–C) groups is 1. The van der Waals surface area contributed by atoms with Crippen LogP contribution in [0.1, 0.15) is 31.4 Å². The topological polar surface area (TPSA) is 45.5 Å². The van der Waals surface area contributed by atoms with E-state index in [2.05, 4.69) is 20.3 Å². The largest absolute Gasteiger partial charge is 0.356 e. The molecule has 146 valence electrons. The van der Waals surface area contributed by atoms with Crippen molar-refractivity contribution in [3.63, 3.8) is 0 Å². The van der Waals surface area contributed by atoms with Crippen molar-refractivity contribution in [3.05, 3.63) is 48.0 Å². The summed E-state index contributed by atoms with van der Waals surface area (Å²) in [5, 5.41) is 8.06. The highest BCUT2D eigenvalue weighted by Gasteiger charge is 2.43. The van der Waals surface area contributed by atoms with E-state index in [9.17, 15) is 4.39 Å². The third kappa shape index (κ3) is 4.44. The van der Waals surface area contributed by atoms with E-state index in [1.165, 1.54) is 37.8 Å². The predicted molar refractivity (Wildman–Crippen MR) is 116 cm³/mol. The monoisotopic (exact) mass is 483 g/mol. The maximum absolute atomic E-state index is 13.0. The highest BCUT2D eigenvalue weighted by molar-refractivity contribution is 14.0. The second kappa shape index (κ2) is 8.58. The maximum atomic E-state index is 13.0. The molecule has 1 aliphatic heterocycles. The lowest BCUT2D eigenvalue weighted by molar-refractivity contribution is 0.151. The molecule has 27 heavy (non-hydrogen) atoms. The molecule has 5 nitrogen and oxygen atoms in total. The summed E-state index contributed by atoms with van der Waals surface area (Å²) in [7, 11) is 1.86. The first-order valence-corrected chi connectivity index (χ1v) is 9.44. The van der Waals surface area contributed by atoms with E-state index in [1.807, 2.05) is 19.3 Å². The first-order chi connectivity index (χ1) is 12.7. The van der Waals surface area contributed by atoms with Crippen molar-refractivity contribution < 1.29 is 4.39 Å². The van der Waals surface area contributed by atoms with E-state index in [0.717, 1.165) is 43.4 Å². The van der Waals surface area contributed by atoms with Gasteiger partial charge in [-0.25, -0.2) is 9.07 Å². The van der Waals surface area contributed by atoms with Gasteiger partial charge in [0, 0.05) is 39.3 Å². The lowest BCUT2D eigenvalue weighted by atomic mass is 9.68. The molecule has 1 spiro atoms. The van der Waals surface area contributed by atoms with E-state index in [0.29, 0.717) is 5.41 Å². The van der Waals surface area contributed by atoms with Crippen LogP contribution in [-0.4, -0.2) is 47.3 Å². The van der Waals surface area contributed by atoms with Gasteiger partial charge in [-0.2, -0.15) is 5.10 Å². The number of likely N-dealkylation sites (tertiary alicyclic amines) is 1.